The molecular weight excluding hydrogens is 104 g/mol. The first-order valence-corrected chi connectivity index (χ1v) is 3.68. The van der Waals surface area contributed by atoms with Gasteiger partial charge in [0.15, 0.2) is 0 Å². The van der Waals surface area contributed by atoms with Crippen LogP contribution < -0.4 is 0 Å². The van der Waals surface area contributed by atoms with E-state index < -0.39 is 9.76 Å². The molecule has 0 N–H and O–H groups in total. The average molecular weight is 115 g/mol. The SMILES string of the molecule is C[C](C)[C](C)[SiH2][O]. The summed E-state index contributed by atoms with van der Waals surface area (Å²) in [7, 11) is -1.08. The van der Waals surface area contributed by atoms with Gasteiger partial charge in [-0.2, -0.15) is 0 Å². The molecule has 0 spiro atoms. The molecule has 0 aliphatic carbocycles. The van der Waals surface area contributed by atoms with Gasteiger partial charge >= 0.3 is 0 Å². The van der Waals surface area contributed by atoms with Gasteiger partial charge in [-0.05, 0) is 11.5 Å². The highest BCUT2D eigenvalue weighted by Crippen LogP contribution is 2.10. The van der Waals surface area contributed by atoms with Crippen molar-refractivity contribution in [1.29, 1.82) is 0 Å². The summed E-state index contributed by atoms with van der Waals surface area (Å²) in [5, 5.41) is 0. The molecule has 1 nitrogen and oxygen atoms in total. The summed E-state index contributed by atoms with van der Waals surface area (Å²) in [5.41, 5.74) is 1.10. The first-order valence-electron chi connectivity index (χ1n) is 2.39. The Morgan fingerprint density at radius 3 is 1.71 bits per heavy atom. The minimum Gasteiger partial charge on any atom is -0.306 e. The molecule has 2 heteroatoms. The molecule has 0 rings (SSSR count). The molecular formula is C5H11OSi. The lowest BCUT2D eigenvalue weighted by Gasteiger charge is -2.06. The van der Waals surface area contributed by atoms with Gasteiger partial charge in [-0.25, -0.2) is 0 Å². The van der Waals surface area contributed by atoms with Crippen molar-refractivity contribution in [3.8, 4) is 0 Å². The maximum absolute atomic E-state index is 10.2. The van der Waals surface area contributed by atoms with Crippen molar-refractivity contribution >= 4 is 9.76 Å². The highest BCUT2D eigenvalue weighted by molar-refractivity contribution is 6.34. The molecule has 7 heavy (non-hydrogen) atoms. The average Bonchev–Trinajstić information content (AvgIpc) is 1.65. The number of hydrogen-bond donors (Lipinski definition) is 0. The molecule has 0 bridgehead atoms. The van der Waals surface area contributed by atoms with Crippen LogP contribution in [-0.4, -0.2) is 9.76 Å². The van der Waals surface area contributed by atoms with Gasteiger partial charge in [-0.3, -0.25) is 0 Å². The Kier molecular flexibility index (Phi) is 3.30. The van der Waals surface area contributed by atoms with E-state index >= 15 is 0 Å². The van der Waals surface area contributed by atoms with Crippen molar-refractivity contribution in [2.75, 3.05) is 0 Å². The Morgan fingerprint density at radius 2 is 1.71 bits per heavy atom. The van der Waals surface area contributed by atoms with Crippen LogP contribution in [0.15, 0.2) is 0 Å². The zero-order chi connectivity index (χ0) is 5.86. The Labute approximate surface area is 47.7 Å². The molecule has 0 unspecified atom stereocenters. The van der Waals surface area contributed by atoms with E-state index in [1.807, 2.05) is 20.8 Å². The minimum atomic E-state index is -1.08. The predicted molar refractivity (Wildman–Crippen MR) is 32.7 cm³/mol. The van der Waals surface area contributed by atoms with Crippen LogP contribution >= 0.6 is 0 Å². The molecule has 0 saturated heterocycles. The van der Waals surface area contributed by atoms with E-state index in [1.165, 1.54) is 5.92 Å². The third kappa shape index (κ3) is 2.82. The summed E-state index contributed by atoms with van der Waals surface area (Å²) < 4.78 is 0. The van der Waals surface area contributed by atoms with Gasteiger partial charge < -0.3 is 4.80 Å². The van der Waals surface area contributed by atoms with Gasteiger partial charge in [0.1, 0.15) is 0 Å². The Bertz CT molecular complexity index is 45.3. The second kappa shape index (κ2) is 3.21. The molecule has 0 heterocycles. The molecule has 0 atom stereocenters. The standard InChI is InChI=1S/C5H11OSi/c1-4(2)5(3)7-6/h7H2,1-3H3. The van der Waals surface area contributed by atoms with Crippen LogP contribution in [0.3, 0.4) is 0 Å². The predicted octanol–water partition coefficient (Wildman–Crippen LogP) is 0.667. The Balaban J connectivity index is 3.14. The molecule has 0 aromatic heterocycles. The normalized spacial score (nSPS) is 12.9. The maximum atomic E-state index is 10.2. The monoisotopic (exact) mass is 115 g/mol. The van der Waals surface area contributed by atoms with Crippen molar-refractivity contribution in [3.63, 3.8) is 0 Å². The first kappa shape index (κ1) is 7.18. The van der Waals surface area contributed by atoms with Crippen LogP contribution in [0, 0.1) is 11.5 Å². The van der Waals surface area contributed by atoms with Crippen LogP contribution in [0.5, 0.6) is 0 Å². The topological polar surface area (TPSA) is 19.9 Å². The summed E-state index contributed by atoms with van der Waals surface area (Å²) in [6.07, 6.45) is 0. The minimum absolute atomic E-state index is 1.08. The summed E-state index contributed by atoms with van der Waals surface area (Å²) >= 11 is 0. The zero-order valence-electron chi connectivity index (χ0n) is 5.12. The van der Waals surface area contributed by atoms with Crippen molar-refractivity contribution < 1.29 is 4.80 Å². The van der Waals surface area contributed by atoms with Gasteiger partial charge in [0.25, 0.3) is 0 Å². The first-order chi connectivity index (χ1) is 3.18. The molecule has 0 aromatic rings. The molecule has 0 aliphatic rings. The summed E-state index contributed by atoms with van der Waals surface area (Å²) in [5.74, 6) is 1.21. The van der Waals surface area contributed by atoms with Crippen LogP contribution in [0.2, 0.25) is 0 Å². The van der Waals surface area contributed by atoms with Gasteiger partial charge in [0.2, 0.25) is 9.76 Å². The second-order valence-corrected chi connectivity index (χ2v) is 3.27. The molecule has 3 radical (unpaired) electrons. The maximum Gasteiger partial charge on any atom is 0.213 e. The fraction of sp³-hybridized carbons (Fsp3) is 0.600. The van der Waals surface area contributed by atoms with Gasteiger partial charge in [-0.15, -0.1) is 0 Å². The Hall–Kier alpha value is 0.177. The number of hydrogen-bond acceptors (Lipinski definition) is 0. The van der Waals surface area contributed by atoms with E-state index in [4.69, 9.17) is 0 Å². The van der Waals surface area contributed by atoms with Gasteiger partial charge in [0, 0.05) is 0 Å². The van der Waals surface area contributed by atoms with Crippen LogP contribution in [0.1, 0.15) is 20.8 Å². The van der Waals surface area contributed by atoms with Gasteiger partial charge in [-0.1, -0.05) is 20.8 Å². The lowest BCUT2D eigenvalue weighted by Crippen LogP contribution is -2.05. The third-order valence-electron chi connectivity index (χ3n) is 1.07. The molecule has 0 aromatic carbocycles. The van der Waals surface area contributed by atoms with Crippen molar-refractivity contribution in [1.82, 2.24) is 0 Å². The van der Waals surface area contributed by atoms with Crippen molar-refractivity contribution in [2.24, 2.45) is 0 Å². The van der Waals surface area contributed by atoms with E-state index in [9.17, 15) is 4.80 Å². The smallest absolute Gasteiger partial charge is 0.213 e. The van der Waals surface area contributed by atoms with E-state index in [1.54, 1.807) is 0 Å². The zero-order valence-corrected chi connectivity index (χ0v) is 6.53. The highest BCUT2D eigenvalue weighted by Gasteiger charge is 2.06. The fourth-order valence-electron chi connectivity index (χ4n) is 0.144. The second-order valence-electron chi connectivity index (χ2n) is 1.92. The quantitative estimate of drug-likeness (QED) is 0.471. The Morgan fingerprint density at radius 1 is 1.29 bits per heavy atom. The lowest BCUT2D eigenvalue weighted by molar-refractivity contribution is 0.474. The summed E-state index contributed by atoms with van der Waals surface area (Å²) in [6.45, 7) is 5.90. The van der Waals surface area contributed by atoms with E-state index in [0.717, 1.165) is 5.54 Å². The van der Waals surface area contributed by atoms with E-state index in [0.29, 0.717) is 0 Å². The van der Waals surface area contributed by atoms with Crippen LogP contribution in [0.25, 0.3) is 0 Å². The summed E-state index contributed by atoms with van der Waals surface area (Å²) in [4.78, 5) is 10.2. The van der Waals surface area contributed by atoms with Crippen LogP contribution in [0.4, 0.5) is 0 Å². The largest absolute Gasteiger partial charge is 0.306 e. The fourth-order valence-corrected chi connectivity index (χ4v) is 0.433. The van der Waals surface area contributed by atoms with Crippen molar-refractivity contribution in [3.05, 3.63) is 11.5 Å². The third-order valence-corrected chi connectivity index (χ3v) is 2.21. The highest BCUT2D eigenvalue weighted by atomic mass is 28.2. The molecule has 0 aliphatic heterocycles. The van der Waals surface area contributed by atoms with Gasteiger partial charge in [0.05, 0.1) is 0 Å². The van der Waals surface area contributed by atoms with E-state index in [2.05, 4.69) is 0 Å². The van der Waals surface area contributed by atoms with Crippen LogP contribution in [-0.2, 0) is 4.80 Å². The van der Waals surface area contributed by atoms with Crippen molar-refractivity contribution in [2.45, 2.75) is 20.8 Å². The lowest BCUT2D eigenvalue weighted by atomic mass is 10.1. The number of rotatable bonds is 2. The summed E-state index contributed by atoms with van der Waals surface area (Å²) in [6, 6.07) is 0. The molecule has 0 fully saturated rings. The van der Waals surface area contributed by atoms with E-state index in [-0.39, 0.29) is 0 Å². The molecule has 41 valence electrons. The molecule has 0 saturated carbocycles. The molecule has 0 amide bonds.